The van der Waals surface area contributed by atoms with E-state index in [0.29, 0.717) is 24.5 Å². The molecule has 3 nitrogen and oxygen atoms in total. The van der Waals surface area contributed by atoms with Gasteiger partial charge in [0.25, 0.3) is 11.5 Å². The molecule has 0 spiro atoms. The molecule has 6 heteroatoms. The fourth-order valence-electron chi connectivity index (χ4n) is 4.75. The van der Waals surface area contributed by atoms with Crippen LogP contribution in [0.5, 0.6) is 5.75 Å². The van der Waals surface area contributed by atoms with Gasteiger partial charge in [-0.1, -0.05) is 12.8 Å². The highest BCUT2D eigenvalue weighted by molar-refractivity contribution is 5.81. The Morgan fingerprint density at radius 3 is 2.74 bits per heavy atom. The van der Waals surface area contributed by atoms with Gasteiger partial charge in [0.1, 0.15) is 17.1 Å². The molecule has 2 unspecified atom stereocenters. The maximum atomic E-state index is 14.7. The third kappa shape index (κ3) is 3.46. The van der Waals surface area contributed by atoms with Crippen molar-refractivity contribution < 1.29 is 17.9 Å². The average Bonchev–Trinajstić information content (AvgIpc) is 3.30. The van der Waals surface area contributed by atoms with Gasteiger partial charge in [0.15, 0.2) is 0 Å². The smallest absolute Gasteiger partial charge is 0.281 e. The van der Waals surface area contributed by atoms with Gasteiger partial charge >= 0.3 is 0 Å². The Morgan fingerprint density at radius 1 is 1.26 bits per heavy atom. The van der Waals surface area contributed by atoms with Crippen LogP contribution in [0, 0.1) is 23.6 Å². The summed E-state index contributed by atoms with van der Waals surface area (Å²) in [6, 6.07) is 4.26. The number of hydrogen-bond donors (Lipinski definition) is 1. The van der Waals surface area contributed by atoms with Gasteiger partial charge in [0.2, 0.25) is 0 Å². The minimum Gasteiger partial charge on any atom is -0.497 e. The van der Waals surface area contributed by atoms with Crippen molar-refractivity contribution in [3.63, 3.8) is 0 Å². The molecule has 2 aliphatic carbocycles. The average molecular weight is 379 g/mol. The van der Waals surface area contributed by atoms with Gasteiger partial charge in [0, 0.05) is 17.9 Å². The Morgan fingerprint density at radius 2 is 2.07 bits per heavy atom. The number of hydrogen-bond acceptors (Lipinski definition) is 2. The van der Waals surface area contributed by atoms with Gasteiger partial charge in [-0.05, 0) is 55.6 Å². The fourth-order valence-corrected chi connectivity index (χ4v) is 4.75. The van der Waals surface area contributed by atoms with Crippen LogP contribution in [0.3, 0.4) is 0 Å². The summed E-state index contributed by atoms with van der Waals surface area (Å²) in [5.41, 5.74) is -1.98. The van der Waals surface area contributed by atoms with Crippen LogP contribution >= 0.6 is 0 Å². The maximum Gasteiger partial charge on any atom is 0.281 e. The van der Waals surface area contributed by atoms with E-state index in [2.05, 4.69) is 4.98 Å². The monoisotopic (exact) mass is 379 g/mol. The number of aromatic nitrogens is 1. The molecular weight excluding hydrogens is 355 g/mol. The standard InChI is InChI=1S/C21H24F3NO2/c1-27-14-7-8-15-17(11-14)25-20(26)18(19(15)22)21(23,24)9-3-2-4-12-5-6-13-10-16(12)13/h7-8,11-13,16H,2-6,9-10H2,1H3,(H,25,26)/t12-,13?,16?/m0/s1. The predicted octanol–water partition coefficient (Wildman–Crippen LogP) is 5.37. The zero-order valence-electron chi connectivity index (χ0n) is 15.4. The molecule has 3 atom stereocenters. The summed E-state index contributed by atoms with van der Waals surface area (Å²) in [5, 5.41) is -0.0317. The second kappa shape index (κ2) is 6.88. The number of halogens is 3. The second-order valence-corrected chi connectivity index (χ2v) is 8.00. The van der Waals surface area contributed by atoms with Gasteiger partial charge in [-0.3, -0.25) is 4.79 Å². The predicted molar refractivity (Wildman–Crippen MR) is 97.8 cm³/mol. The number of unbranched alkanes of at least 4 members (excludes halogenated alkanes) is 1. The lowest BCUT2D eigenvalue weighted by Crippen LogP contribution is -2.27. The van der Waals surface area contributed by atoms with E-state index in [1.54, 1.807) is 0 Å². The second-order valence-electron chi connectivity index (χ2n) is 8.00. The lowest BCUT2D eigenvalue weighted by Gasteiger charge is -2.18. The van der Waals surface area contributed by atoms with Gasteiger partial charge in [0.05, 0.1) is 12.6 Å². The van der Waals surface area contributed by atoms with Crippen LogP contribution in [-0.4, -0.2) is 12.1 Å². The molecule has 2 saturated carbocycles. The summed E-state index contributed by atoms with van der Waals surface area (Å²) < 4.78 is 49.1. The number of nitrogens with one attached hydrogen (secondary N) is 1. The molecule has 146 valence electrons. The Bertz CT molecular complexity index is 908. The third-order valence-corrected chi connectivity index (χ3v) is 6.33. The molecule has 0 bridgehead atoms. The van der Waals surface area contributed by atoms with Crippen LogP contribution in [0.25, 0.3) is 10.9 Å². The Hall–Kier alpha value is -1.98. The SMILES string of the molecule is COc1ccc2c(F)c(C(F)(F)CCCC[C@H]3CCC4CC43)c(=O)[nH]c2c1. The molecule has 2 fully saturated rings. The van der Waals surface area contributed by atoms with E-state index in [9.17, 15) is 18.0 Å². The van der Waals surface area contributed by atoms with Crippen LogP contribution < -0.4 is 10.3 Å². The molecule has 0 saturated heterocycles. The van der Waals surface area contributed by atoms with E-state index >= 15 is 0 Å². The molecule has 2 aliphatic rings. The molecule has 0 aliphatic heterocycles. The molecular formula is C21H24F3NO2. The van der Waals surface area contributed by atoms with E-state index in [1.165, 1.54) is 44.6 Å². The van der Waals surface area contributed by atoms with Crippen molar-refractivity contribution in [2.45, 2.75) is 50.9 Å². The molecule has 1 heterocycles. The van der Waals surface area contributed by atoms with E-state index in [-0.39, 0.29) is 10.9 Å². The van der Waals surface area contributed by atoms with Crippen molar-refractivity contribution in [3.05, 3.63) is 39.9 Å². The van der Waals surface area contributed by atoms with E-state index < -0.39 is 29.3 Å². The Labute approximate surface area is 155 Å². The van der Waals surface area contributed by atoms with Crippen molar-refractivity contribution in [2.75, 3.05) is 7.11 Å². The summed E-state index contributed by atoms with van der Waals surface area (Å²) in [4.78, 5) is 14.5. The van der Waals surface area contributed by atoms with Gasteiger partial charge < -0.3 is 9.72 Å². The van der Waals surface area contributed by atoms with Crippen molar-refractivity contribution in [2.24, 2.45) is 17.8 Å². The van der Waals surface area contributed by atoms with Crippen molar-refractivity contribution in [3.8, 4) is 5.75 Å². The third-order valence-electron chi connectivity index (χ3n) is 6.33. The first-order valence-corrected chi connectivity index (χ1v) is 9.68. The van der Waals surface area contributed by atoms with Crippen molar-refractivity contribution in [1.29, 1.82) is 0 Å². The number of benzene rings is 1. The van der Waals surface area contributed by atoms with Crippen LogP contribution in [-0.2, 0) is 5.92 Å². The number of pyridine rings is 1. The molecule has 27 heavy (non-hydrogen) atoms. The van der Waals surface area contributed by atoms with Gasteiger partial charge in [-0.15, -0.1) is 0 Å². The molecule has 1 aromatic carbocycles. The fraction of sp³-hybridized carbons (Fsp3) is 0.571. The first-order chi connectivity index (χ1) is 12.9. The van der Waals surface area contributed by atoms with Crippen LogP contribution in [0.2, 0.25) is 0 Å². The number of rotatable bonds is 7. The highest BCUT2D eigenvalue weighted by Crippen LogP contribution is 2.56. The van der Waals surface area contributed by atoms with E-state index in [0.717, 1.165) is 18.3 Å². The summed E-state index contributed by atoms with van der Waals surface area (Å²) in [7, 11) is 1.44. The highest BCUT2D eigenvalue weighted by atomic mass is 19.3. The number of aromatic amines is 1. The lowest BCUT2D eigenvalue weighted by molar-refractivity contribution is -0.0205. The molecule has 2 aromatic rings. The molecule has 0 radical (unpaired) electrons. The topological polar surface area (TPSA) is 42.1 Å². The molecule has 1 N–H and O–H groups in total. The molecule has 4 rings (SSSR count). The molecule has 0 amide bonds. The largest absolute Gasteiger partial charge is 0.497 e. The minimum atomic E-state index is -3.48. The minimum absolute atomic E-state index is 0.0317. The number of methoxy groups -OCH3 is 1. The zero-order chi connectivity index (χ0) is 19.2. The maximum absolute atomic E-state index is 14.7. The van der Waals surface area contributed by atoms with Crippen LogP contribution in [0.4, 0.5) is 13.2 Å². The first kappa shape index (κ1) is 18.4. The summed E-state index contributed by atoms with van der Waals surface area (Å²) in [6.45, 7) is 0. The van der Waals surface area contributed by atoms with Gasteiger partial charge in [-0.2, -0.15) is 0 Å². The summed E-state index contributed by atoms with van der Waals surface area (Å²) in [5.74, 6) is -1.81. The van der Waals surface area contributed by atoms with Crippen LogP contribution in [0.15, 0.2) is 23.0 Å². The highest BCUT2D eigenvalue weighted by Gasteiger charge is 2.47. The van der Waals surface area contributed by atoms with E-state index in [1.807, 2.05) is 0 Å². The Kier molecular flexibility index (Phi) is 4.68. The van der Waals surface area contributed by atoms with Crippen molar-refractivity contribution >= 4 is 10.9 Å². The summed E-state index contributed by atoms with van der Waals surface area (Å²) >= 11 is 0. The number of H-pyrrole nitrogens is 1. The van der Waals surface area contributed by atoms with E-state index in [4.69, 9.17) is 4.74 Å². The lowest BCUT2D eigenvalue weighted by atomic mass is 9.94. The Balaban J connectivity index is 1.48. The normalized spacial score (nSPS) is 24.2. The molecule has 1 aromatic heterocycles. The van der Waals surface area contributed by atoms with Crippen LogP contribution in [0.1, 0.15) is 50.5 Å². The van der Waals surface area contributed by atoms with Gasteiger partial charge in [-0.25, -0.2) is 13.2 Å². The quantitative estimate of drug-likeness (QED) is 0.657. The first-order valence-electron chi connectivity index (χ1n) is 9.68. The number of fused-ring (bicyclic) bond motifs is 2. The number of alkyl halides is 2. The number of ether oxygens (including phenoxy) is 1. The van der Waals surface area contributed by atoms with Crippen molar-refractivity contribution in [1.82, 2.24) is 4.98 Å². The summed E-state index contributed by atoms with van der Waals surface area (Å²) in [6.07, 6.45) is 5.27. The zero-order valence-corrected chi connectivity index (χ0v) is 15.4.